The number of aliphatic hydroxyl groups is 7. The fourth-order valence-electron chi connectivity index (χ4n) is 3.97. The first-order chi connectivity index (χ1) is 16.2. The van der Waals surface area contributed by atoms with E-state index in [1.807, 2.05) is 0 Å². The van der Waals surface area contributed by atoms with E-state index in [2.05, 4.69) is 10.6 Å². The number of aliphatic hydroxyl groups excluding tert-OH is 7. The molecule has 16 nitrogen and oxygen atoms in total. The van der Waals surface area contributed by atoms with Gasteiger partial charge in [0.2, 0.25) is 11.8 Å². The number of hydrogen-bond donors (Lipinski definition) is 10. The first-order valence-electron chi connectivity index (χ1n) is 10.7. The van der Waals surface area contributed by atoms with Crippen molar-refractivity contribution in [2.45, 2.75) is 87.2 Å². The molecular formula is C19H32N2O14. The Morgan fingerprint density at radius 3 is 2.11 bits per heavy atom. The minimum Gasteiger partial charge on any atom is -0.477 e. The summed E-state index contributed by atoms with van der Waals surface area (Å²) in [5.74, 6) is -5.80. The number of hydrogen-bond acceptors (Lipinski definition) is 13. The van der Waals surface area contributed by atoms with Crippen LogP contribution in [0, 0.1) is 0 Å². The van der Waals surface area contributed by atoms with Gasteiger partial charge >= 0.3 is 5.97 Å². The monoisotopic (exact) mass is 512 g/mol. The van der Waals surface area contributed by atoms with Crippen molar-refractivity contribution in [2.75, 3.05) is 13.2 Å². The SMILES string of the molecule is CC(=O)N[C@@H]1[C@@H](O)[C@@H](O)[C@@H](CO[C@]2(C(=O)O)C[C@@H](O)[C@@H](NC(C)=O)[C@@H]([C@H](O)[C@H](O)CO)O2)O[C@@H]1O. The molecule has 202 valence electrons. The summed E-state index contributed by atoms with van der Waals surface area (Å²) in [6.45, 7) is 0.409. The van der Waals surface area contributed by atoms with Crippen molar-refractivity contribution < 1.29 is 69.4 Å². The van der Waals surface area contributed by atoms with Crippen LogP contribution in [0.1, 0.15) is 20.3 Å². The molecule has 0 bridgehead atoms. The molecule has 0 aromatic rings. The predicted octanol–water partition coefficient (Wildman–Crippen LogP) is -5.90. The summed E-state index contributed by atoms with van der Waals surface area (Å²) in [5.41, 5.74) is 0. The lowest BCUT2D eigenvalue weighted by Crippen LogP contribution is -2.68. The standard InChI is InChI=1S/C19H32N2O14/c1-6(23)20-11-8(25)3-19(18(31)32,35-16(11)13(27)9(26)4-22)33-5-10-14(28)15(29)12(17(30)34-10)21-7(2)24/h8-17,22,25-30H,3-5H2,1-2H3,(H,20,23)(H,21,24)(H,31,32)/t8-,9-,10-,11-,12-,13-,14+,15-,16+,17+,19-/m1/s1. The highest BCUT2D eigenvalue weighted by Gasteiger charge is 2.56. The molecule has 0 aromatic heterocycles. The lowest BCUT2D eigenvalue weighted by molar-refractivity contribution is -0.328. The number of nitrogens with one attached hydrogen (secondary N) is 2. The predicted molar refractivity (Wildman–Crippen MR) is 109 cm³/mol. The van der Waals surface area contributed by atoms with Gasteiger partial charge in [-0.3, -0.25) is 9.59 Å². The first-order valence-corrected chi connectivity index (χ1v) is 10.7. The average Bonchev–Trinajstić information content (AvgIpc) is 2.78. The number of amides is 2. The molecule has 0 radical (unpaired) electrons. The molecule has 2 amide bonds. The third-order valence-electron chi connectivity index (χ3n) is 5.76. The van der Waals surface area contributed by atoms with Gasteiger partial charge in [-0.2, -0.15) is 0 Å². The van der Waals surface area contributed by atoms with Crippen LogP contribution in [0.5, 0.6) is 0 Å². The highest BCUT2D eigenvalue weighted by molar-refractivity contribution is 5.76. The van der Waals surface area contributed by atoms with Gasteiger partial charge in [0.1, 0.15) is 42.7 Å². The van der Waals surface area contributed by atoms with Gasteiger partial charge < -0.3 is 65.7 Å². The summed E-state index contributed by atoms with van der Waals surface area (Å²) in [6, 6.07) is -2.80. The van der Waals surface area contributed by atoms with Gasteiger partial charge in [-0.15, -0.1) is 0 Å². The molecule has 0 spiro atoms. The maximum atomic E-state index is 12.1. The van der Waals surface area contributed by atoms with Crippen LogP contribution in [0.4, 0.5) is 0 Å². The van der Waals surface area contributed by atoms with Crippen LogP contribution in [0.15, 0.2) is 0 Å². The van der Waals surface area contributed by atoms with E-state index < -0.39 is 104 Å². The smallest absolute Gasteiger partial charge is 0.364 e. The topological polar surface area (TPSA) is 265 Å². The molecule has 11 atom stereocenters. The minimum atomic E-state index is -2.71. The van der Waals surface area contributed by atoms with Crippen molar-refractivity contribution in [3.05, 3.63) is 0 Å². The minimum absolute atomic E-state index is 0.628. The van der Waals surface area contributed by atoms with Crippen molar-refractivity contribution in [1.29, 1.82) is 0 Å². The summed E-state index contributed by atoms with van der Waals surface area (Å²) in [7, 11) is 0. The molecule has 2 fully saturated rings. The van der Waals surface area contributed by atoms with Crippen molar-refractivity contribution in [3.8, 4) is 0 Å². The molecular weight excluding hydrogens is 480 g/mol. The summed E-state index contributed by atoms with van der Waals surface area (Å²) in [6.07, 6.45) is -14.9. The Kier molecular flexibility index (Phi) is 9.88. The van der Waals surface area contributed by atoms with Crippen molar-refractivity contribution in [3.63, 3.8) is 0 Å². The molecule has 2 aliphatic rings. The van der Waals surface area contributed by atoms with Crippen LogP contribution >= 0.6 is 0 Å². The number of carboxylic acids is 1. The number of carbonyl (C=O) groups excluding carboxylic acids is 2. The van der Waals surface area contributed by atoms with E-state index >= 15 is 0 Å². The molecule has 2 rings (SSSR count). The van der Waals surface area contributed by atoms with E-state index in [0.29, 0.717) is 0 Å². The quantitative estimate of drug-likeness (QED) is 0.138. The van der Waals surface area contributed by atoms with Crippen LogP contribution in [0.3, 0.4) is 0 Å². The number of carbonyl (C=O) groups is 3. The van der Waals surface area contributed by atoms with Gasteiger partial charge in [0.15, 0.2) is 6.29 Å². The normalized spacial score (nSPS) is 39.3. The Morgan fingerprint density at radius 1 is 1.03 bits per heavy atom. The van der Waals surface area contributed by atoms with Crippen LogP contribution in [-0.2, 0) is 28.6 Å². The summed E-state index contributed by atoms with van der Waals surface area (Å²) in [4.78, 5) is 34.9. The van der Waals surface area contributed by atoms with E-state index in [1.165, 1.54) is 0 Å². The largest absolute Gasteiger partial charge is 0.477 e. The Bertz CT molecular complexity index is 770. The van der Waals surface area contributed by atoms with Gasteiger partial charge in [-0.25, -0.2) is 4.79 Å². The molecule has 2 heterocycles. The van der Waals surface area contributed by atoms with E-state index in [9.17, 15) is 50.1 Å². The second-order valence-electron chi connectivity index (χ2n) is 8.46. The number of ether oxygens (including phenoxy) is 3. The third-order valence-corrected chi connectivity index (χ3v) is 5.76. The molecule has 2 saturated heterocycles. The maximum absolute atomic E-state index is 12.1. The molecule has 35 heavy (non-hydrogen) atoms. The van der Waals surface area contributed by atoms with Gasteiger partial charge in [-0.1, -0.05) is 0 Å². The Balaban J connectivity index is 2.25. The van der Waals surface area contributed by atoms with E-state index in [0.717, 1.165) is 13.8 Å². The number of aliphatic carboxylic acids is 1. The van der Waals surface area contributed by atoms with Crippen LogP contribution in [0.2, 0.25) is 0 Å². The van der Waals surface area contributed by atoms with Crippen molar-refractivity contribution in [2.24, 2.45) is 0 Å². The molecule has 0 aliphatic carbocycles. The Morgan fingerprint density at radius 2 is 1.60 bits per heavy atom. The highest BCUT2D eigenvalue weighted by atomic mass is 16.7. The summed E-state index contributed by atoms with van der Waals surface area (Å²) < 4.78 is 15.9. The first kappa shape index (κ1) is 29.2. The molecule has 0 unspecified atom stereocenters. The van der Waals surface area contributed by atoms with Crippen molar-refractivity contribution >= 4 is 17.8 Å². The Hall–Kier alpha value is -1.99. The summed E-state index contributed by atoms with van der Waals surface area (Å²) in [5, 5.41) is 84.9. The van der Waals surface area contributed by atoms with Crippen LogP contribution in [0.25, 0.3) is 0 Å². The van der Waals surface area contributed by atoms with E-state index in [4.69, 9.17) is 19.3 Å². The zero-order valence-corrected chi connectivity index (χ0v) is 18.9. The Labute approximate surface area is 199 Å². The summed E-state index contributed by atoms with van der Waals surface area (Å²) >= 11 is 0. The molecule has 0 saturated carbocycles. The third kappa shape index (κ3) is 6.62. The average molecular weight is 512 g/mol. The fraction of sp³-hybridized carbons (Fsp3) is 0.842. The molecule has 16 heteroatoms. The van der Waals surface area contributed by atoms with Crippen LogP contribution < -0.4 is 10.6 Å². The van der Waals surface area contributed by atoms with Gasteiger partial charge in [0.05, 0.1) is 25.4 Å². The molecule has 0 aromatic carbocycles. The maximum Gasteiger partial charge on any atom is 0.364 e. The molecule has 10 N–H and O–H groups in total. The number of carboxylic acid groups (broad SMARTS) is 1. The van der Waals surface area contributed by atoms with Crippen molar-refractivity contribution in [1.82, 2.24) is 10.6 Å². The van der Waals surface area contributed by atoms with E-state index in [1.54, 1.807) is 0 Å². The molecule has 2 aliphatic heterocycles. The van der Waals surface area contributed by atoms with E-state index in [-0.39, 0.29) is 0 Å². The zero-order valence-electron chi connectivity index (χ0n) is 18.9. The lowest BCUT2D eigenvalue weighted by atomic mass is 9.88. The van der Waals surface area contributed by atoms with Gasteiger partial charge in [0.25, 0.3) is 5.79 Å². The lowest BCUT2D eigenvalue weighted by Gasteiger charge is -2.47. The van der Waals surface area contributed by atoms with Gasteiger partial charge in [-0.05, 0) is 0 Å². The second kappa shape index (κ2) is 11.8. The second-order valence-corrected chi connectivity index (χ2v) is 8.46. The fourth-order valence-corrected chi connectivity index (χ4v) is 3.97. The highest BCUT2D eigenvalue weighted by Crippen LogP contribution is 2.34. The van der Waals surface area contributed by atoms with Gasteiger partial charge in [0, 0.05) is 20.3 Å². The zero-order chi connectivity index (χ0) is 26.7. The number of rotatable bonds is 9. The van der Waals surface area contributed by atoms with Crippen LogP contribution in [-0.4, -0.2) is 139 Å².